The van der Waals surface area contributed by atoms with Gasteiger partial charge in [0, 0.05) is 24.0 Å². The first-order chi connectivity index (χ1) is 15.0. The topological polar surface area (TPSA) is 118 Å². The number of hydrogen-bond acceptors (Lipinski definition) is 7. The Kier molecular flexibility index (Phi) is 3.98. The maximum atomic E-state index is 15.0. The third-order valence-electron chi connectivity index (χ3n) is 6.39. The molecular formula is C20H22FN7O3. The molecule has 1 amide bonds. The van der Waals surface area contributed by atoms with Crippen LogP contribution in [0.2, 0.25) is 0 Å². The number of alkyl halides is 1. The van der Waals surface area contributed by atoms with Gasteiger partial charge in [-0.3, -0.25) is 9.50 Å². The summed E-state index contributed by atoms with van der Waals surface area (Å²) in [4.78, 5) is 20.8. The first kappa shape index (κ1) is 18.6. The monoisotopic (exact) mass is 427 g/mol. The molecule has 3 aromatic heterocycles. The second kappa shape index (κ2) is 6.64. The van der Waals surface area contributed by atoms with Crippen LogP contribution in [0.3, 0.4) is 0 Å². The molecule has 31 heavy (non-hydrogen) atoms. The molecule has 2 bridgehead atoms. The van der Waals surface area contributed by atoms with Crippen molar-refractivity contribution in [1.82, 2.24) is 29.9 Å². The summed E-state index contributed by atoms with van der Waals surface area (Å²) >= 11 is 0. The number of nitrogens with one attached hydrogen (secondary N) is 3. The smallest absolute Gasteiger partial charge is 0.408 e. The fourth-order valence-electron chi connectivity index (χ4n) is 4.75. The van der Waals surface area contributed by atoms with E-state index in [0.29, 0.717) is 17.5 Å². The molecule has 3 N–H and O–H groups in total. The molecule has 3 saturated carbocycles. The molecule has 3 atom stereocenters. The highest BCUT2D eigenvalue weighted by Gasteiger charge is 2.58. The van der Waals surface area contributed by atoms with Crippen LogP contribution in [-0.2, 0) is 9.47 Å². The number of ether oxygens (including phenoxy) is 2. The number of aromatic nitrogens is 5. The average Bonchev–Trinajstić information content (AvgIpc) is 3.37. The van der Waals surface area contributed by atoms with Crippen LogP contribution in [0, 0.1) is 12.8 Å². The number of amides is 1. The lowest BCUT2D eigenvalue weighted by molar-refractivity contribution is -0.0528. The highest BCUT2D eigenvalue weighted by Crippen LogP contribution is 2.57. The van der Waals surface area contributed by atoms with Crippen molar-refractivity contribution in [2.24, 2.45) is 5.92 Å². The standard InChI is InChI=1S/C20H22FN7O3/c1-10-8-28-15(23-10)2-3-22-18(28)24-14-4-12(26-27-14)17-16(21)13(9-30-17)31-19(29)25-20-5-11(6-20)7-20/h2-4,8,11,13,16-17H,5-7,9H2,1H3,(H,25,29)(H2,22,24,26,27)/t11?,13-,16+,17-,20?/m1/s1. The van der Waals surface area contributed by atoms with Gasteiger partial charge in [0.2, 0.25) is 5.95 Å². The molecule has 4 fully saturated rings. The number of carbonyl (C=O) groups excluding carboxylic acids is 1. The predicted molar refractivity (Wildman–Crippen MR) is 107 cm³/mol. The van der Waals surface area contributed by atoms with E-state index in [4.69, 9.17) is 9.47 Å². The number of aromatic amines is 1. The Balaban J connectivity index is 1.11. The van der Waals surface area contributed by atoms with E-state index < -0.39 is 24.5 Å². The molecule has 0 unspecified atom stereocenters. The molecule has 0 aromatic carbocycles. The molecule has 1 saturated heterocycles. The quantitative estimate of drug-likeness (QED) is 0.573. The number of aryl methyl sites for hydroxylation is 1. The summed E-state index contributed by atoms with van der Waals surface area (Å²) in [5.74, 6) is 1.73. The molecule has 7 rings (SSSR count). The van der Waals surface area contributed by atoms with Gasteiger partial charge in [-0.15, -0.1) is 0 Å². The Bertz CT molecular complexity index is 1140. The fourth-order valence-corrected chi connectivity index (χ4v) is 4.75. The third kappa shape index (κ3) is 3.11. The molecule has 4 aliphatic rings. The van der Waals surface area contributed by atoms with Gasteiger partial charge < -0.3 is 20.1 Å². The maximum Gasteiger partial charge on any atom is 0.408 e. The predicted octanol–water partition coefficient (Wildman–Crippen LogP) is 2.56. The third-order valence-corrected chi connectivity index (χ3v) is 6.39. The van der Waals surface area contributed by atoms with E-state index in [0.717, 1.165) is 36.5 Å². The van der Waals surface area contributed by atoms with Gasteiger partial charge in [-0.25, -0.2) is 19.2 Å². The number of hydrogen-bond donors (Lipinski definition) is 3. The molecule has 162 valence electrons. The summed E-state index contributed by atoms with van der Waals surface area (Å²) in [6.45, 7) is 1.89. The van der Waals surface area contributed by atoms with E-state index in [9.17, 15) is 9.18 Å². The van der Waals surface area contributed by atoms with Crippen molar-refractivity contribution in [2.75, 3.05) is 11.9 Å². The van der Waals surface area contributed by atoms with Gasteiger partial charge in [0.25, 0.3) is 0 Å². The Morgan fingerprint density at radius 3 is 3.03 bits per heavy atom. The van der Waals surface area contributed by atoms with Gasteiger partial charge >= 0.3 is 6.09 Å². The van der Waals surface area contributed by atoms with Crippen molar-refractivity contribution in [2.45, 2.75) is 50.1 Å². The Morgan fingerprint density at radius 2 is 2.26 bits per heavy atom. The normalized spacial score (nSPS) is 31.2. The Morgan fingerprint density at radius 1 is 1.42 bits per heavy atom. The number of anilines is 2. The van der Waals surface area contributed by atoms with E-state index in [1.807, 2.05) is 17.5 Å². The van der Waals surface area contributed by atoms with Crippen LogP contribution in [0.4, 0.5) is 21.0 Å². The van der Waals surface area contributed by atoms with Crippen LogP contribution in [0.25, 0.3) is 5.65 Å². The molecule has 0 spiro atoms. The van der Waals surface area contributed by atoms with Crippen molar-refractivity contribution in [3.05, 3.63) is 35.9 Å². The molecule has 4 heterocycles. The number of carbonyl (C=O) groups is 1. The lowest BCUT2D eigenvalue weighted by Gasteiger charge is -2.61. The Labute approximate surface area is 176 Å². The van der Waals surface area contributed by atoms with Crippen molar-refractivity contribution in [1.29, 1.82) is 0 Å². The minimum Gasteiger partial charge on any atom is -0.441 e. The highest BCUT2D eigenvalue weighted by molar-refractivity contribution is 5.69. The number of halogens is 1. The average molecular weight is 427 g/mol. The molecule has 3 aromatic rings. The fraction of sp³-hybridized carbons (Fsp3) is 0.500. The summed E-state index contributed by atoms with van der Waals surface area (Å²) in [7, 11) is 0. The lowest BCUT2D eigenvalue weighted by atomic mass is 9.50. The number of imidazole rings is 1. The second-order valence-electron chi connectivity index (χ2n) is 8.74. The van der Waals surface area contributed by atoms with E-state index in [1.165, 1.54) is 0 Å². The van der Waals surface area contributed by atoms with Gasteiger partial charge in [0.1, 0.15) is 11.8 Å². The van der Waals surface area contributed by atoms with Crippen LogP contribution < -0.4 is 10.6 Å². The first-order valence-electron chi connectivity index (χ1n) is 10.4. The number of H-pyrrole nitrogens is 1. The number of alkyl carbamates (subject to hydrolysis) is 1. The number of nitrogens with zero attached hydrogens (tertiary/aromatic N) is 4. The minimum absolute atomic E-state index is 0.00810. The van der Waals surface area contributed by atoms with Crippen molar-refractivity contribution >= 4 is 23.5 Å². The molecule has 3 aliphatic carbocycles. The summed E-state index contributed by atoms with van der Waals surface area (Å²) in [6, 6.07) is 3.46. The van der Waals surface area contributed by atoms with Crippen LogP contribution in [0.5, 0.6) is 0 Å². The van der Waals surface area contributed by atoms with E-state index in [2.05, 4.69) is 30.8 Å². The van der Waals surface area contributed by atoms with Gasteiger partial charge in [0.15, 0.2) is 18.1 Å². The van der Waals surface area contributed by atoms with Crippen LogP contribution in [-0.4, -0.2) is 55.1 Å². The zero-order valence-electron chi connectivity index (χ0n) is 16.8. The molecule has 10 nitrogen and oxygen atoms in total. The molecule has 1 aliphatic heterocycles. The summed E-state index contributed by atoms with van der Waals surface area (Å²) < 4.78 is 27.6. The zero-order valence-corrected chi connectivity index (χ0v) is 16.8. The zero-order chi connectivity index (χ0) is 21.2. The second-order valence-corrected chi connectivity index (χ2v) is 8.74. The number of rotatable bonds is 5. The minimum atomic E-state index is -1.50. The van der Waals surface area contributed by atoms with Crippen LogP contribution in [0.1, 0.15) is 36.8 Å². The van der Waals surface area contributed by atoms with Crippen molar-refractivity contribution in [3.8, 4) is 0 Å². The lowest BCUT2D eigenvalue weighted by Crippen LogP contribution is -2.68. The van der Waals surface area contributed by atoms with Gasteiger partial charge in [-0.1, -0.05) is 0 Å². The summed E-state index contributed by atoms with van der Waals surface area (Å²) in [5.41, 5.74) is 1.96. The van der Waals surface area contributed by atoms with Gasteiger partial charge in [-0.05, 0) is 38.2 Å². The molecule has 0 radical (unpaired) electrons. The molecular weight excluding hydrogens is 405 g/mol. The van der Waals surface area contributed by atoms with Crippen molar-refractivity contribution in [3.63, 3.8) is 0 Å². The summed E-state index contributed by atoms with van der Waals surface area (Å²) in [6.07, 6.45) is 2.58. The van der Waals surface area contributed by atoms with E-state index in [1.54, 1.807) is 18.3 Å². The van der Waals surface area contributed by atoms with E-state index >= 15 is 0 Å². The number of fused-ring (bicyclic) bond motifs is 1. The van der Waals surface area contributed by atoms with Crippen LogP contribution >= 0.6 is 0 Å². The maximum absolute atomic E-state index is 15.0. The van der Waals surface area contributed by atoms with Gasteiger partial charge in [0.05, 0.1) is 18.0 Å². The first-order valence-corrected chi connectivity index (χ1v) is 10.4. The Hall–Kier alpha value is -3.21. The SMILES string of the molecule is Cc1cn2c(Nc3cc([C@H]4OC[C@@H](OC(=O)NC56CC(C5)C6)[C@@H]4F)[nH]n3)nccc2n1. The van der Waals surface area contributed by atoms with Gasteiger partial charge in [-0.2, -0.15) is 5.10 Å². The van der Waals surface area contributed by atoms with Crippen molar-refractivity contribution < 1.29 is 18.7 Å². The van der Waals surface area contributed by atoms with E-state index in [-0.39, 0.29) is 12.1 Å². The van der Waals surface area contributed by atoms with Crippen LogP contribution in [0.15, 0.2) is 24.5 Å². The highest BCUT2D eigenvalue weighted by atomic mass is 19.1. The molecule has 11 heteroatoms. The summed E-state index contributed by atoms with van der Waals surface area (Å²) in [5, 5.41) is 13.0. The largest absolute Gasteiger partial charge is 0.441 e.